The zero-order valence-electron chi connectivity index (χ0n) is 20.7. The fourth-order valence-electron chi connectivity index (χ4n) is 6.99. The van der Waals surface area contributed by atoms with Crippen molar-refractivity contribution in [1.82, 2.24) is 9.47 Å². The molecular weight excluding hydrogens is 478 g/mol. The summed E-state index contributed by atoms with van der Waals surface area (Å²) in [5.74, 6) is 2.37. The van der Waals surface area contributed by atoms with E-state index in [1.165, 1.54) is 46.7 Å². The molecule has 2 aliphatic carbocycles. The molecule has 6 nitrogen and oxygen atoms in total. The number of anilines is 1. The van der Waals surface area contributed by atoms with Crippen LogP contribution < -0.4 is 9.77 Å². The number of hydrogen-bond acceptors (Lipinski definition) is 6. The molecule has 1 aromatic heterocycles. The van der Waals surface area contributed by atoms with Crippen molar-refractivity contribution >= 4 is 34.7 Å². The van der Waals surface area contributed by atoms with Gasteiger partial charge in [0, 0.05) is 47.9 Å². The number of amides is 1. The Morgan fingerprint density at radius 1 is 1.09 bits per heavy atom. The lowest BCUT2D eigenvalue weighted by atomic mass is 9.75. The summed E-state index contributed by atoms with van der Waals surface area (Å²) in [4.78, 5) is 31.8. The van der Waals surface area contributed by atoms with Gasteiger partial charge in [0.15, 0.2) is 0 Å². The van der Waals surface area contributed by atoms with E-state index < -0.39 is 0 Å². The first-order valence-corrected chi connectivity index (χ1v) is 14.9. The molecule has 2 saturated carbocycles. The largest absolute Gasteiger partial charge is 0.378 e. The predicted octanol–water partition coefficient (Wildman–Crippen LogP) is 4.27. The van der Waals surface area contributed by atoms with E-state index in [9.17, 15) is 9.59 Å². The smallest absolute Gasteiger partial charge is 0.308 e. The second kappa shape index (κ2) is 9.60. The van der Waals surface area contributed by atoms with Crippen molar-refractivity contribution in [3.63, 3.8) is 0 Å². The first-order valence-electron chi connectivity index (χ1n) is 13.2. The molecule has 6 rings (SSSR count). The molecule has 0 radical (unpaired) electrons. The first-order chi connectivity index (χ1) is 17.1. The van der Waals surface area contributed by atoms with E-state index in [4.69, 9.17) is 4.74 Å². The van der Waals surface area contributed by atoms with Crippen LogP contribution in [0.4, 0.5) is 5.69 Å². The molecule has 188 valence electrons. The molecule has 2 aromatic rings. The van der Waals surface area contributed by atoms with Crippen molar-refractivity contribution in [2.45, 2.75) is 55.8 Å². The number of morpholine rings is 1. The average molecular weight is 514 g/mol. The summed E-state index contributed by atoms with van der Waals surface area (Å²) in [6, 6.07) is 9.12. The maximum absolute atomic E-state index is 13.3. The number of thioether (sulfide) groups is 1. The van der Waals surface area contributed by atoms with E-state index in [1.807, 2.05) is 16.7 Å². The molecule has 1 saturated heterocycles. The number of nitrogens with zero attached hydrogens (tertiary/aromatic N) is 3. The summed E-state index contributed by atoms with van der Waals surface area (Å²) in [6.45, 7) is 8.92. The zero-order valence-corrected chi connectivity index (χ0v) is 22.3. The lowest BCUT2D eigenvalue weighted by Crippen LogP contribution is -2.43. The van der Waals surface area contributed by atoms with E-state index in [0.29, 0.717) is 37.5 Å². The Morgan fingerprint density at radius 3 is 2.51 bits per heavy atom. The van der Waals surface area contributed by atoms with E-state index in [2.05, 4.69) is 43.0 Å². The molecule has 0 spiro atoms. The van der Waals surface area contributed by atoms with Gasteiger partial charge in [-0.1, -0.05) is 23.5 Å². The molecule has 1 amide bonds. The second-order valence-electron chi connectivity index (χ2n) is 10.4. The summed E-state index contributed by atoms with van der Waals surface area (Å²) in [7, 11) is 0. The quantitative estimate of drug-likeness (QED) is 0.578. The highest BCUT2D eigenvalue weighted by molar-refractivity contribution is 8.00. The van der Waals surface area contributed by atoms with E-state index in [1.54, 1.807) is 4.57 Å². The number of hydrogen-bond donors (Lipinski definition) is 0. The Balaban J connectivity index is 1.37. The fraction of sp³-hybridized carbons (Fsp3) is 0.630. The summed E-state index contributed by atoms with van der Waals surface area (Å²) in [5.41, 5.74) is 2.59. The second-order valence-corrected chi connectivity index (χ2v) is 12.5. The minimum atomic E-state index is 0.0150. The minimum absolute atomic E-state index is 0.0150. The van der Waals surface area contributed by atoms with Crippen LogP contribution >= 0.6 is 23.1 Å². The van der Waals surface area contributed by atoms with Gasteiger partial charge in [-0.05, 0) is 68.6 Å². The van der Waals surface area contributed by atoms with E-state index in [0.717, 1.165) is 30.0 Å². The minimum Gasteiger partial charge on any atom is -0.378 e. The summed E-state index contributed by atoms with van der Waals surface area (Å²) >= 11 is 3.30. The molecule has 0 N–H and O–H groups in total. The number of carbonyl (C=O) groups excluding carboxylic acids is 1. The maximum Gasteiger partial charge on any atom is 0.308 e. The van der Waals surface area contributed by atoms with Gasteiger partial charge in [-0.15, -0.1) is 11.8 Å². The highest BCUT2D eigenvalue weighted by Gasteiger charge is 2.55. The number of carbonyl (C=O) groups is 1. The van der Waals surface area contributed by atoms with Gasteiger partial charge in [0.1, 0.15) is 6.54 Å². The van der Waals surface area contributed by atoms with Crippen molar-refractivity contribution in [2.24, 2.45) is 17.8 Å². The number of aromatic nitrogens is 1. The molecule has 2 bridgehead atoms. The van der Waals surface area contributed by atoms with Crippen LogP contribution in [0.2, 0.25) is 0 Å². The van der Waals surface area contributed by atoms with Crippen LogP contribution in [0.1, 0.15) is 49.5 Å². The third kappa shape index (κ3) is 4.05. The molecular formula is C27H35N3O3S2. The van der Waals surface area contributed by atoms with Gasteiger partial charge in [-0.3, -0.25) is 14.2 Å². The van der Waals surface area contributed by atoms with Gasteiger partial charge >= 0.3 is 4.87 Å². The third-order valence-electron chi connectivity index (χ3n) is 8.73. The number of fused-ring (bicyclic) bond motifs is 6. The molecule has 2 aliphatic heterocycles. The summed E-state index contributed by atoms with van der Waals surface area (Å²) < 4.78 is 7.20. The number of benzene rings is 1. The highest BCUT2D eigenvalue weighted by atomic mass is 32.2. The fourth-order valence-corrected chi connectivity index (χ4v) is 10.1. The molecule has 4 unspecified atom stereocenters. The van der Waals surface area contributed by atoms with E-state index >= 15 is 0 Å². The summed E-state index contributed by atoms with van der Waals surface area (Å²) in [5, 5.41) is 1.61. The van der Waals surface area contributed by atoms with Crippen LogP contribution in [0.3, 0.4) is 0 Å². The molecule has 1 aromatic carbocycles. The summed E-state index contributed by atoms with van der Waals surface area (Å²) in [6.07, 6.45) is 3.95. The lowest BCUT2D eigenvalue weighted by molar-refractivity contribution is -0.136. The van der Waals surface area contributed by atoms with Gasteiger partial charge in [0.25, 0.3) is 0 Å². The van der Waals surface area contributed by atoms with Gasteiger partial charge in [-0.2, -0.15) is 0 Å². The van der Waals surface area contributed by atoms with Crippen LogP contribution in [0, 0.1) is 17.8 Å². The first kappa shape index (κ1) is 23.6. The van der Waals surface area contributed by atoms with Crippen molar-refractivity contribution in [1.29, 1.82) is 0 Å². The Kier molecular flexibility index (Phi) is 6.48. The van der Waals surface area contributed by atoms with Crippen molar-refractivity contribution in [3.05, 3.63) is 44.4 Å². The molecule has 5 atom stereocenters. The van der Waals surface area contributed by atoms with Crippen LogP contribution in [0.5, 0.6) is 0 Å². The van der Waals surface area contributed by atoms with Gasteiger partial charge in [-0.25, -0.2) is 0 Å². The average Bonchev–Trinajstić information content (AvgIpc) is 3.59. The third-order valence-corrected chi connectivity index (χ3v) is 11.6. The van der Waals surface area contributed by atoms with Crippen molar-refractivity contribution in [3.8, 4) is 0 Å². The standard InChI is InChI=1S/C27H35N3O3S2/c1-3-28(4-2)20-9-7-17(8-10-20)22-23-18-5-6-19(15-18)24(23)34-26-25(22)35-27(32)30(26)16-21(31)29-11-13-33-14-12-29/h7-10,18-19,22-24H,3-6,11-16H2,1-2H3/t18?,19?,22-,23?,24?/m0/s1. The number of rotatable bonds is 6. The normalized spacial score (nSPS) is 29.2. The molecule has 4 aliphatic rings. The lowest BCUT2D eigenvalue weighted by Gasteiger charge is -2.40. The molecule has 8 heteroatoms. The molecule has 3 heterocycles. The number of ether oxygens (including phenoxy) is 1. The van der Waals surface area contributed by atoms with Gasteiger partial charge in [0.2, 0.25) is 5.91 Å². The highest BCUT2D eigenvalue weighted by Crippen LogP contribution is 2.64. The molecule has 3 fully saturated rings. The Hall–Kier alpha value is -1.77. The molecule has 35 heavy (non-hydrogen) atoms. The van der Waals surface area contributed by atoms with Crippen molar-refractivity contribution < 1.29 is 9.53 Å². The Bertz CT molecular complexity index is 1130. The Labute approximate surface area is 215 Å². The van der Waals surface area contributed by atoms with Crippen molar-refractivity contribution in [2.75, 3.05) is 44.3 Å². The topological polar surface area (TPSA) is 54.8 Å². The van der Waals surface area contributed by atoms with Gasteiger partial charge < -0.3 is 14.5 Å². The monoisotopic (exact) mass is 513 g/mol. The predicted molar refractivity (Wildman–Crippen MR) is 142 cm³/mol. The van der Waals surface area contributed by atoms with Gasteiger partial charge in [0.05, 0.1) is 18.2 Å². The maximum atomic E-state index is 13.3. The van der Waals surface area contributed by atoms with Crippen LogP contribution in [0.25, 0.3) is 0 Å². The Morgan fingerprint density at radius 2 is 1.80 bits per heavy atom. The van der Waals surface area contributed by atoms with Crippen LogP contribution in [-0.4, -0.2) is 60.0 Å². The SMILES string of the molecule is CCN(CC)c1ccc([C@@H]2c3sc(=O)n(CC(=O)N4CCOCC4)c3SC3C4CCC(C4)C32)cc1. The van der Waals surface area contributed by atoms with E-state index in [-0.39, 0.29) is 23.2 Å². The number of thiazole rings is 1. The van der Waals surface area contributed by atoms with Crippen LogP contribution in [0.15, 0.2) is 34.1 Å². The van der Waals surface area contributed by atoms with Crippen LogP contribution in [-0.2, 0) is 16.1 Å². The zero-order chi connectivity index (χ0) is 24.1.